The molecular formula is C22H25F5N6O4. The van der Waals surface area contributed by atoms with Crippen LogP contribution in [0.5, 0.6) is 0 Å². The molecule has 2 fully saturated rings. The fourth-order valence-corrected chi connectivity index (χ4v) is 3.98. The summed E-state index contributed by atoms with van der Waals surface area (Å²) in [7, 11) is 0. The summed E-state index contributed by atoms with van der Waals surface area (Å²) in [6.45, 7) is 3.35. The Morgan fingerprint density at radius 3 is 2.32 bits per heavy atom. The molecule has 37 heavy (non-hydrogen) atoms. The number of oxazole rings is 1. The van der Waals surface area contributed by atoms with Gasteiger partial charge in [-0.25, -0.2) is 18.6 Å². The van der Waals surface area contributed by atoms with Gasteiger partial charge in [-0.1, -0.05) is 0 Å². The SMILES string of the molecule is CCOC(=O)N1CCN(c2ccc(NC(=O)c3oc(N4CCC(F)(F)CC4)nc3C(F)(F)F)cn2)CC1. The first kappa shape index (κ1) is 26.4. The Balaban J connectivity index is 1.42. The Hall–Kier alpha value is -3.65. The van der Waals surface area contributed by atoms with Gasteiger partial charge in [0.2, 0.25) is 5.76 Å². The Bertz CT molecular complexity index is 1110. The molecule has 0 unspecified atom stereocenters. The van der Waals surface area contributed by atoms with Gasteiger partial charge in [0.25, 0.3) is 17.8 Å². The number of nitrogens with one attached hydrogen (secondary N) is 1. The highest BCUT2D eigenvalue weighted by Crippen LogP contribution is 2.36. The number of piperidine rings is 1. The maximum absolute atomic E-state index is 13.5. The van der Waals surface area contributed by atoms with Gasteiger partial charge in [0.1, 0.15) is 5.82 Å². The molecule has 202 valence electrons. The second kappa shape index (κ2) is 10.4. The van der Waals surface area contributed by atoms with E-state index >= 15 is 0 Å². The zero-order valence-electron chi connectivity index (χ0n) is 19.9. The number of carbonyl (C=O) groups is 2. The number of alkyl halides is 5. The van der Waals surface area contributed by atoms with Crippen LogP contribution in [-0.2, 0) is 10.9 Å². The van der Waals surface area contributed by atoms with Crippen molar-refractivity contribution in [3.05, 3.63) is 29.8 Å². The third kappa shape index (κ3) is 6.20. The Morgan fingerprint density at radius 1 is 1.08 bits per heavy atom. The highest BCUT2D eigenvalue weighted by atomic mass is 19.4. The standard InChI is InChI=1S/C22H25F5N6O4/c1-2-36-20(35)33-11-9-31(10-12-33)15-4-3-14(13-28-15)29-18(34)16-17(22(25,26)27)30-19(37-16)32-7-5-21(23,24)6-8-32/h3-4,13H,2,5-12H2,1H3,(H,29,34). The lowest BCUT2D eigenvalue weighted by Gasteiger charge is -2.34. The lowest BCUT2D eigenvalue weighted by Crippen LogP contribution is -2.49. The van der Waals surface area contributed by atoms with E-state index < -0.39 is 48.3 Å². The molecule has 2 aliphatic heterocycles. The third-order valence-electron chi connectivity index (χ3n) is 5.99. The second-order valence-corrected chi connectivity index (χ2v) is 8.55. The van der Waals surface area contributed by atoms with Gasteiger partial charge in [-0.3, -0.25) is 4.79 Å². The summed E-state index contributed by atoms with van der Waals surface area (Å²) in [6.07, 6.45) is -5.23. The first-order chi connectivity index (χ1) is 17.5. The van der Waals surface area contributed by atoms with E-state index in [0.717, 1.165) is 4.90 Å². The van der Waals surface area contributed by atoms with E-state index in [1.165, 1.54) is 12.3 Å². The van der Waals surface area contributed by atoms with Crippen LogP contribution in [0, 0.1) is 0 Å². The highest BCUT2D eigenvalue weighted by Gasteiger charge is 2.43. The molecule has 0 atom stereocenters. The maximum atomic E-state index is 13.5. The van der Waals surface area contributed by atoms with E-state index in [-0.39, 0.29) is 31.5 Å². The monoisotopic (exact) mass is 532 g/mol. The van der Waals surface area contributed by atoms with Gasteiger partial charge in [0.05, 0.1) is 18.5 Å². The molecule has 4 rings (SSSR count). The number of carbonyl (C=O) groups excluding carboxylic acids is 2. The molecule has 1 N–H and O–H groups in total. The molecule has 2 aromatic heterocycles. The number of nitrogens with zero attached hydrogens (tertiary/aromatic N) is 5. The predicted molar refractivity (Wildman–Crippen MR) is 121 cm³/mol. The van der Waals surface area contributed by atoms with Crippen molar-refractivity contribution in [3.8, 4) is 0 Å². The summed E-state index contributed by atoms with van der Waals surface area (Å²) in [6, 6.07) is 2.51. The van der Waals surface area contributed by atoms with Gasteiger partial charge in [0.15, 0.2) is 5.69 Å². The molecule has 4 heterocycles. The zero-order valence-corrected chi connectivity index (χ0v) is 19.9. The van der Waals surface area contributed by atoms with E-state index in [9.17, 15) is 31.5 Å². The number of pyridine rings is 1. The number of halogens is 5. The lowest BCUT2D eigenvalue weighted by atomic mass is 10.1. The number of hydrogen-bond donors (Lipinski definition) is 1. The summed E-state index contributed by atoms with van der Waals surface area (Å²) in [5.74, 6) is -4.63. The number of aromatic nitrogens is 2. The predicted octanol–water partition coefficient (Wildman–Crippen LogP) is 3.85. The Morgan fingerprint density at radius 2 is 1.76 bits per heavy atom. The molecule has 15 heteroatoms. The smallest absolute Gasteiger partial charge is 0.437 e. The first-order valence-electron chi connectivity index (χ1n) is 11.6. The van der Waals surface area contributed by atoms with Crippen molar-refractivity contribution < 1.29 is 40.7 Å². The summed E-state index contributed by atoms with van der Waals surface area (Å²) in [5.41, 5.74) is -1.43. The number of rotatable bonds is 5. The number of amides is 2. The van der Waals surface area contributed by atoms with E-state index in [4.69, 9.17) is 9.15 Å². The molecule has 0 spiro atoms. The van der Waals surface area contributed by atoms with Crippen molar-refractivity contribution in [2.45, 2.75) is 31.9 Å². The van der Waals surface area contributed by atoms with Crippen LogP contribution in [-0.4, -0.2) is 78.7 Å². The van der Waals surface area contributed by atoms with Crippen LogP contribution in [0.2, 0.25) is 0 Å². The Kier molecular flexibility index (Phi) is 7.41. The van der Waals surface area contributed by atoms with Crippen molar-refractivity contribution in [1.29, 1.82) is 0 Å². The molecule has 0 aromatic carbocycles. The van der Waals surface area contributed by atoms with E-state index in [0.29, 0.717) is 32.0 Å². The van der Waals surface area contributed by atoms with Crippen LogP contribution >= 0.6 is 0 Å². The topological polar surface area (TPSA) is 104 Å². The normalized spacial score (nSPS) is 18.1. The zero-order chi connectivity index (χ0) is 26.8. The maximum Gasteiger partial charge on any atom is 0.437 e. The number of hydrogen-bond acceptors (Lipinski definition) is 8. The molecule has 10 nitrogen and oxygen atoms in total. The molecule has 0 aliphatic carbocycles. The first-order valence-corrected chi connectivity index (χ1v) is 11.6. The van der Waals surface area contributed by atoms with Crippen molar-refractivity contribution in [1.82, 2.24) is 14.9 Å². The molecule has 0 radical (unpaired) electrons. The van der Waals surface area contributed by atoms with Gasteiger partial charge in [0, 0.05) is 52.1 Å². The van der Waals surface area contributed by atoms with Crippen molar-refractivity contribution in [2.75, 3.05) is 61.0 Å². The molecular weight excluding hydrogens is 507 g/mol. The molecule has 0 saturated carbocycles. The molecule has 2 amide bonds. The summed E-state index contributed by atoms with van der Waals surface area (Å²) < 4.78 is 77.5. The highest BCUT2D eigenvalue weighted by molar-refractivity contribution is 6.03. The molecule has 2 aliphatic rings. The van der Waals surface area contributed by atoms with Crippen molar-refractivity contribution >= 4 is 29.5 Å². The van der Waals surface area contributed by atoms with E-state index in [2.05, 4.69) is 15.3 Å². The van der Waals surface area contributed by atoms with Crippen LogP contribution in [0.15, 0.2) is 22.7 Å². The average molecular weight is 532 g/mol. The summed E-state index contributed by atoms with van der Waals surface area (Å²) >= 11 is 0. The number of piperazine rings is 1. The summed E-state index contributed by atoms with van der Waals surface area (Å²) in [4.78, 5) is 36.8. The minimum Gasteiger partial charge on any atom is -0.450 e. The van der Waals surface area contributed by atoms with E-state index in [1.807, 2.05) is 4.90 Å². The van der Waals surface area contributed by atoms with E-state index in [1.54, 1.807) is 17.9 Å². The van der Waals surface area contributed by atoms with Gasteiger partial charge < -0.3 is 29.2 Å². The van der Waals surface area contributed by atoms with Crippen molar-refractivity contribution in [2.24, 2.45) is 0 Å². The third-order valence-corrected chi connectivity index (χ3v) is 5.99. The van der Waals surface area contributed by atoms with Gasteiger partial charge >= 0.3 is 12.3 Å². The lowest BCUT2D eigenvalue weighted by molar-refractivity contribution is -0.141. The number of ether oxygens (including phenoxy) is 1. The van der Waals surface area contributed by atoms with Crippen LogP contribution in [0.1, 0.15) is 36.0 Å². The molecule has 2 saturated heterocycles. The second-order valence-electron chi connectivity index (χ2n) is 8.55. The molecule has 0 bridgehead atoms. The van der Waals surface area contributed by atoms with Crippen LogP contribution in [0.4, 0.5) is 44.3 Å². The van der Waals surface area contributed by atoms with Crippen LogP contribution in [0.25, 0.3) is 0 Å². The Labute approximate surface area is 208 Å². The fraction of sp³-hybridized carbons (Fsp3) is 0.545. The minimum atomic E-state index is -5.00. The van der Waals surface area contributed by atoms with Crippen LogP contribution in [0.3, 0.4) is 0 Å². The van der Waals surface area contributed by atoms with Crippen molar-refractivity contribution in [3.63, 3.8) is 0 Å². The summed E-state index contributed by atoms with van der Waals surface area (Å²) in [5, 5.41) is 2.30. The average Bonchev–Trinajstić information content (AvgIpc) is 3.31. The van der Waals surface area contributed by atoms with Crippen LogP contribution < -0.4 is 15.1 Å². The quantitative estimate of drug-likeness (QED) is 0.580. The van der Waals surface area contributed by atoms with Gasteiger partial charge in [-0.2, -0.15) is 18.2 Å². The number of anilines is 3. The van der Waals surface area contributed by atoms with Gasteiger partial charge in [-0.15, -0.1) is 0 Å². The molecule has 2 aromatic rings. The largest absolute Gasteiger partial charge is 0.450 e. The minimum absolute atomic E-state index is 0.114. The van der Waals surface area contributed by atoms with Gasteiger partial charge in [-0.05, 0) is 19.1 Å². The fourth-order valence-electron chi connectivity index (χ4n) is 3.98.